The number of aromatic hydroxyl groups is 1. The Balaban J connectivity index is 1.80. The Kier molecular flexibility index (Phi) is 3.52. The van der Waals surface area contributed by atoms with Crippen LogP contribution in [-0.2, 0) is 11.2 Å². The van der Waals surface area contributed by atoms with E-state index in [1.165, 1.54) is 0 Å². The minimum absolute atomic E-state index is 0.113. The second-order valence-corrected chi connectivity index (χ2v) is 5.43. The van der Waals surface area contributed by atoms with E-state index in [1.54, 1.807) is 12.1 Å². The Bertz CT molecular complexity index is 579. The molecule has 1 atom stereocenters. The summed E-state index contributed by atoms with van der Waals surface area (Å²) < 4.78 is 11.5. The molecule has 1 unspecified atom stereocenters. The number of benzene rings is 1. The second kappa shape index (κ2) is 5.30. The van der Waals surface area contributed by atoms with Crippen LogP contribution in [0.2, 0.25) is 0 Å². The van der Waals surface area contributed by atoms with Crippen molar-refractivity contribution in [2.45, 2.75) is 25.4 Å². The molecule has 0 amide bonds. The highest BCUT2D eigenvalue weighted by atomic mass is 79.9. The molecule has 19 heavy (non-hydrogen) atoms. The molecule has 0 radical (unpaired) electrons. The molecule has 2 heterocycles. The van der Waals surface area contributed by atoms with E-state index in [9.17, 15) is 5.11 Å². The van der Waals surface area contributed by atoms with Crippen LogP contribution in [0.25, 0.3) is 11.5 Å². The second-order valence-electron chi connectivity index (χ2n) is 4.52. The predicted octanol–water partition coefficient (Wildman–Crippen LogP) is 2.93. The summed E-state index contributed by atoms with van der Waals surface area (Å²) in [5, 5.41) is 13.8. The van der Waals surface area contributed by atoms with E-state index < -0.39 is 0 Å². The van der Waals surface area contributed by atoms with Crippen LogP contribution >= 0.6 is 15.9 Å². The van der Waals surface area contributed by atoms with E-state index in [0.717, 1.165) is 23.9 Å². The molecule has 2 aromatic rings. The predicted molar refractivity (Wildman–Crippen MR) is 71.8 cm³/mol. The van der Waals surface area contributed by atoms with Gasteiger partial charge in [-0.15, -0.1) is 0 Å². The molecule has 1 aromatic heterocycles. The molecule has 0 aliphatic carbocycles. The van der Waals surface area contributed by atoms with Gasteiger partial charge in [0.2, 0.25) is 0 Å². The Morgan fingerprint density at radius 1 is 1.42 bits per heavy atom. The largest absolute Gasteiger partial charge is 0.507 e. The first-order chi connectivity index (χ1) is 9.22. The number of hydrogen-bond donors (Lipinski definition) is 1. The summed E-state index contributed by atoms with van der Waals surface area (Å²) in [5.41, 5.74) is 0.536. The van der Waals surface area contributed by atoms with Crippen molar-refractivity contribution in [3.8, 4) is 17.2 Å². The highest BCUT2D eigenvalue weighted by Crippen LogP contribution is 2.30. The highest BCUT2D eigenvalue weighted by molar-refractivity contribution is 9.10. The summed E-state index contributed by atoms with van der Waals surface area (Å²) in [6.07, 6.45) is 2.96. The molecule has 1 aliphatic rings. The minimum atomic E-state index is 0.113. The van der Waals surface area contributed by atoms with Crippen LogP contribution in [0.15, 0.2) is 27.2 Å². The Labute approximate surface area is 118 Å². The number of phenolic OH excluding ortho intramolecular Hbond substituents is 1. The van der Waals surface area contributed by atoms with Crippen molar-refractivity contribution in [1.29, 1.82) is 0 Å². The summed E-state index contributed by atoms with van der Waals surface area (Å²) in [7, 11) is 0. The number of aromatic nitrogens is 2. The van der Waals surface area contributed by atoms with E-state index in [1.807, 2.05) is 6.07 Å². The zero-order chi connectivity index (χ0) is 13.2. The van der Waals surface area contributed by atoms with Gasteiger partial charge in [-0.05, 0) is 31.0 Å². The molecule has 0 bridgehead atoms. The molecule has 1 saturated heterocycles. The Morgan fingerprint density at radius 2 is 2.32 bits per heavy atom. The van der Waals surface area contributed by atoms with Crippen LogP contribution in [0.1, 0.15) is 18.7 Å². The lowest BCUT2D eigenvalue weighted by atomic mass is 10.2. The van der Waals surface area contributed by atoms with Crippen LogP contribution < -0.4 is 0 Å². The van der Waals surface area contributed by atoms with Crippen molar-refractivity contribution < 1.29 is 14.4 Å². The lowest BCUT2D eigenvalue weighted by molar-refractivity contribution is 0.109. The zero-order valence-corrected chi connectivity index (χ0v) is 11.8. The van der Waals surface area contributed by atoms with Crippen LogP contribution in [0, 0.1) is 0 Å². The summed E-state index contributed by atoms with van der Waals surface area (Å²) in [4.78, 5) is 4.30. The molecule has 0 saturated carbocycles. The average molecular weight is 325 g/mol. The van der Waals surface area contributed by atoms with E-state index in [0.29, 0.717) is 23.7 Å². The first kappa shape index (κ1) is 12.6. The van der Waals surface area contributed by atoms with Gasteiger partial charge >= 0.3 is 0 Å². The topological polar surface area (TPSA) is 68.4 Å². The molecule has 1 fully saturated rings. The van der Waals surface area contributed by atoms with Gasteiger partial charge in [-0.1, -0.05) is 21.1 Å². The van der Waals surface area contributed by atoms with Gasteiger partial charge in [0.05, 0.1) is 11.7 Å². The standard InChI is InChI=1S/C13H13BrN2O3/c14-8-3-4-10(11(17)6-8)13-15-12(16-19-13)7-9-2-1-5-18-9/h3-4,6,9,17H,1-2,5,7H2. The smallest absolute Gasteiger partial charge is 0.261 e. The van der Waals surface area contributed by atoms with Crippen LogP contribution in [0.5, 0.6) is 5.75 Å². The van der Waals surface area contributed by atoms with Gasteiger partial charge in [0, 0.05) is 17.5 Å². The first-order valence-electron chi connectivity index (χ1n) is 6.15. The number of halogens is 1. The summed E-state index contributed by atoms with van der Waals surface area (Å²) >= 11 is 3.29. The third kappa shape index (κ3) is 2.79. The fourth-order valence-corrected chi connectivity index (χ4v) is 2.49. The third-order valence-corrected chi connectivity index (χ3v) is 3.59. The quantitative estimate of drug-likeness (QED) is 0.940. The number of hydrogen-bond acceptors (Lipinski definition) is 5. The number of rotatable bonds is 3. The van der Waals surface area contributed by atoms with Gasteiger partial charge in [-0.3, -0.25) is 0 Å². The minimum Gasteiger partial charge on any atom is -0.507 e. The fourth-order valence-electron chi connectivity index (χ4n) is 2.14. The van der Waals surface area contributed by atoms with Crippen molar-refractivity contribution in [1.82, 2.24) is 10.1 Å². The van der Waals surface area contributed by atoms with Crippen LogP contribution in [-0.4, -0.2) is 28.0 Å². The van der Waals surface area contributed by atoms with Gasteiger partial charge < -0.3 is 14.4 Å². The Hall–Kier alpha value is -1.40. The number of nitrogens with zero attached hydrogens (tertiary/aromatic N) is 2. The number of phenols is 1. The molecular weight excluding hydrogens is 312 g/mol. The molecular formula is C13H13BrN2O3. The van der Waals surface area contributed by atoms with Crippen molar-refractivity contribution in [2.24, 2.45) is 0 Å². The van der Waals surface area contributed by atoms with E-state index in [4.69, 9.17) is 9.26 Å². The molecule has 1 N–H and O–H groups in total. The van der Waals surface area contributed by atoms with Crippen LogP contribution in [0.4, 0.5) is 0 Å². The molecule has 5 nitrogen and oxygen atoms in total. The maximum atomic E-state index is 9.86. The third-order valence-electron chi connectivity index (χ3n) is 3.09. The monoisotopic (exact) mass is 324 g/mol. The van der Waals surface area contributed by atoms with Crippen molar-refractivity contribution in [3.05, 3.63) is 28.5 Å². The van der Waals surface area contributed by atoms with E-state index >= 15 is 0 Å². The summed E-state index contributed by atoms with van der Waals surface area (Å²) in [6.45, 7) is 0.808. The molecule has 0 spiro atoms. The van der Waals surface area contributed by atoms with E-state index in [2.05, 4.69) is 26.1 Å². The highest BCUT2D eigenvalue weighted by Gasteiger charge is 2.20. The first-order valence-corrected chi connectivity index (χ1v) is 6.95. The van der Waals surface area contributed by atoms with Gasteiger partial charge in [0.25, 0.3) is 5.89 Å². The number of ether oxygens (including phenoxy) is 1. The lowest BCUT2D eigenvalue weighted by Crippen LogP contribution is -2.09. The zero-order valence-electron chi connectivity index (χ0n) is 10.2. The normalized spacial score (nSPS) is 18.9. The molecule has 6 heteroatoms. The van der Waals surface area contributed by atoms with Gasteiger partial charge in [-0.25, -0.2) is 0 Å². The summed E-state index contributed by atoms with van der Waals surface area (Å²) in [5.74, 6) is 1.06. The SMILES string of the molecule is Oc1cc(Br)ccc1-c1nc(CC2CCCO2)no1. The molecule has 100 valence electrons. The van der Waals surface area contributed by atoms with E-state index in [-0.39, 0.29) is 11.9 Å². The Morgan fingerprint density at radius 3 is 3.05 bits per heavy atom. The molecule has 1 aromatic carbocycles. The maximum absolute atomic E-state index is 9.86. The fraction of sp³-hybridized carbons (Fsp3) is 0.385. The summed E-state index contributed by atoms with van der Waals surface area (Å²) in [6, 6.07) is 5.15. The van der Waals surface area contributed by atoms with Gasteiger partial charge in [0.15, 0.2) is 5.82 Å². The van der Waals surface area contributed by atoms with Crippen molar-refractivity contribution >= 4 is 15.9 Å². The van der Waals surface area contributed by atoms with Crippen molar-refractivity contribution in [2.75, 3.05) is 6.61 Å². The van der Waals surface area contributed by atoms with Crippen molar-refractivity contribution in [3.63, 3.8) is 0 Å². The van der Waals surface area contributed by atoms with Gasteiger partial charge in [-0.2, -0.15) is 4.98 Å². The molecule has 1 aliphatic heterocycles. The average Bonchev–Trinajstić information content (AvgIpc) is 3.01. The maximum Gasteiger partial charge on any atom is 0.261 e. The molecule has 3 rings (SSSR count). The van der Waals surface area contributed by atoms with Crippen LogP contribution in [0.3, 0.4) is 0 Å². The van der Waals surface area contributed by atoms with Gasteiger partial charge in [0.1, 0.15) is 5.75 Å². The lowest BCUT2D eigenvalue weighted by Gasteiger charge is -2.04.